The monoisotopic (exact) mass is 207 g/mol. The average molecular weight is 207 g/mol. The molecule has 0 aliphatic heterocycles. The molecule has 2 nitrogen and oxygen atoms in total. The Morgan fingerprint density at radius 3 is 2.33 bits per heavy atom. The molecule has 84 valence electrons. The van der Waals surface area contributed by atoms with Gasteiger partial charge in [0.1, 0.15) is 0 Å². The molecule has 1 aromatic heterocycles. The van der Waals surface area contributed by atoms with Gasteiger partial charge in [0.2, 0.25) is 0 Å². The molecule has 0 bridgehead atoms. The van der Waals surface area contributed by atoms with E-state index in [2.05, 4.69) is 32.3 Å². The van der Waals surface area contributed by atoms with Gasteiger partial charge in [-0.15, -0.1) is 0 Å². The van der Waals surface area contributed by atoms with Crippen molar-refractivity contribution in [3.8, 4) is 0 Å². The highest BCUT2D eigenvalue weighted by Crippen LogP contribution is 2.23. The molecule has 1 unspecified atom stereocenters. The van der Waals surface area contributed by atoms with Crippen LogP contribution < -0.4 is 0 Å². The van der Waals surface area contributed by atoms with Crippen LogP contribution in [0.5, 0.6) is 0 Å². The predicted molar refractivity (Wildman–Crippen MR) is 63.5 cm³/mol. The number of aryl methyl sites for hydroxylation is 1. The summed E-state index contributed by atoms with van der Waals surface area (Å²) >= 11 is 0. The Kier molecular flexibility index (Phi) is 3.72. The van der Waals surface area contributed by atoms with Gasteiger partial charge in [-0.2, -0.15) is 0 Å². The first kappa shape index (κ1) is 12.0. The fourth-order valence-corrected chi connectivity index (χ4v) is 2.39. The van der Waals surface area contributed by atoms with Crippen molar-refractivity contribution in [3.63, 3.8) is 0 Å². The fraction of sp³-hybridized carbons (Fsp3) is 0.615. The van der Waals surface area contributed by atoms with Crippen molar-refractivity contribution in [3.05, 3.63) is 23.0 Å². The quantitative estimate of drug-likeness (QED) is 0.692. The molecule has 0 aliphatic rings. The second kappa shape index (κ2) is 4.65. The summed E-state index contributed by atoms with van der Waals surface area (Å²) in [4.78, 5) is 10.8. The van der Waals surface area contributed by atoms with E-state index in [1.54, 1.807) is 0 Å². The van der Waals surface area contributed by atoms with Crippen molar-refractivity contribution in [1.82, 2.24) is 4.57 Å². The fourth-order valence-electron chi connectivity index (χ4n) is 2.39. The van der Waals surface area contributed by atoms with Gasteiger partial charge in [0.05, 0.1) is 0 Å². The largest absolute Gasteiger partial charge is 0.346 e. The van der Waals surface area contributed by atoms with Crippen LogP contribution >= 0.6 is 0 Å². The summed E-state index contributed by atoms with van der Waals surface area (Å²) in [6, 6.07) is 2.44. The van der Waals surface area contributed by atoms with Gasteiger partial charge in [0.25, 0.3) is 0 Å². The zero-order valence-electron chi connectivity index (χ0n) is 10.4. The third-order valence-corrected chi connectivity index (χ3v) is 2.90. The molecule has 0 aliphatic carbocycles. The number of nitrogens with zero attached hydrogens (tertiary/aromatic N) is 1. The summed E-state index contributed by atoms with van der Waals surface area (Å²) in [5.41, 5.74) is 3.10. The van der Waals surface area contributed by atoms with Gasteiger partial charge in [-0.3, -0.25) is 4.79 Å². The maximum atomic E-state index is 10.8. The Morgan fingerprint density at radius 2 is 1.93 bits per heavy atom. The Bertz CT molecular complexity index is 350. The number of hydrogen-bond donors (Lipinski definition) is 0. The average Bonchev–Trinajstić information content (AvgIpc) is 2.40. The maximum Gasteiger partial charge on any atom is 0.151 e. The lowest BCUT2D eigenvalue weighted by molar-refractivity contribution is 0.112. The van der Waals surface area contributed by atoms with Crippen LogP contribution in [-0.2, 0) is 0 Å². The minimum Gasteiger partial charge on any atom is -0.346 e. The van der Waals surface area contributed by atoms with E-state index in [0.717, 1.165) is 24.0 Å². The molecule has 1 aromatic rings. The number of hydrogen-bond acceptors (Lipinski definition) is 1. The minimum atomic E-state index is 0.471. The first-order valence-electron chi connectivity index (χ1n) is 5.61. The summed E-state index contributed by atoms with van der Waals surface area (Å²) in [6.07, 6.45) is 2.09. The van der Waals surface area contributed by atoms with E-state index in [0.29, 0.717) is 12.0 Å². The topological polar surface area (TPSA) is 22.0 Å². The van der Waals surface area contributed by atoms with Gasteiger partial charge in [-0.1, -0.05) is 13.8 Å². The number of rotatable bonds is 4. The van der Waals surface area contributed by atoms with Gasteiger partial charge in [-0.25, -0.2) is 0 Å². The van der Waals surface area contributed by atoms with Crippen LogP contribution in [0.25, 0.3) is 0 Å². The third-order valence-electron chi connectivity index (χ3n) is 2.90. The summed E-state index contributed by atoms with van der Waals surface area (Å²) in [5, 5.41) is 0. The lowest BCUT2D eigenvalue weighted by Gasteiger charge is -2.20. The number of carbonyl (C=O) groups excluding carboxylic acids is 1. The molecule has 0 saturated heterocycles. The van der Waals surface area contributed by atoms with Crippen molar-refractivity contribution in [2.24, 2.45) is 5.92 Å². The van der Waals surface area contributed by atoms with E-state index < -0.39 is 0 Å². The second-order valence-corrected chi connectivity index (χ2v) is 4.79. The van der Waals surface area contributed by atoms with Gasteiger partial charge in [-0.05, 0) is 39.2 Å². The highest BCUT2D eigenvalue weighted by molar-refractivity contribution is 5.77. The van der Waals surface area contributed by atoms with Crippen LogP contribution in [0.3, 0.4) is 0 Å². The van der Waals surface area contributed by atoms with Gasteiger partial charge >= 0.3 is 0 Å². The molecule has 1 rings (SSSR count). The summed E-state index contributed by atoms with van der Waals surface area (Å²) in [5.74, 6) is 0.681. The number of aldehydes is 1. The normalized spacial score (nSPS) is 13.2. The van der Waals surface area contributed by atoms with E-state index in [1.165, 1.54) is 5.69 Å². The number of aromatic nitrogens is 1. The zero-order chi connectivity index (χ0) is 11.6. The molecule has 1 heterocycles. The zero-order valence-corrected chi connectivity index (χ0v) is 10.4. The van der Waals surface area contributed by atoms with Crippen molar-refractivity contribution < 1.29 is 4.79 Å². The molecular formula is C13H21NO. The second-order valence-electron chi connectivity index (χ2n) is 4.79. The van der Waals surface area contributed by atoms with Crippen molar-refractivity contribution >= 4 is 6.29 Å². The van der Waals surface area contributed by atoms with Gasteiger partial charge in [0, 0.05) is 23.0 Å². The predicted octanol–water partition coefficient (Wildman–Crippen LogP) is 3.52. The highest BCUT2D eigenvalue weighted by Gasteiger charge is 2.14. The first-order chi connectivity index (χ1) is 6.97. The molecule has 0 amide bonds. The lowest BCUT2D eigenvalue weighted by atomic mass is 10.0. The molecule has 2 heteroatoms. The van der Waals surface area contributed by atoms with Crippen LogP contribution in [0.4, 0.5) is 0 Å². The Labute approximate surface area is 92.3 Å². The minimum absolute atomic E-state index is 0.471. The standard InChI is InChI=1S/C13H21NO/c1-9(2)6-10(3)14-11(4)7-13(8-15)12(14)5/h7-10H,6H2,1-5H3. The van der Waals surface area contributed by atoms with E-state index in [1.807, 2.05) is 13.0 Å². The molecule has 0 aromatic carbocycles. The Morgan fingerprint density at radius 1 is 1.33 bits per heavy atom. The van der Waals surface area contributed by atoms with Crippen molar-refractivity contribution in [1.29, 1.82) is 0 Å². The van der Waals surface area contributed by atoms with Crippen molar-refractivity contribution in [2.45, 2.75) is 47.1 Å². The molecule has 0 radical (unpaired) electrons. The summed E-state index contributed by atoms with van der Waals surface area (Å²) in [7, 11) is 0. The Balaban J connectivity index is 3.02. The number of carbonyl (C=O) groups is 1. The summed E-state index contributed by atoms with van der Waals surface area (Å²) in [6.45, 7) is 10.8. The van der Waals surface area contributed by atoms with Crippen LogP contribution in [0.15, 0.2) is 6.07 Å². The van der Waals surface area contributed by atoms with E-state index in [9.17, 15) is 4.79 Å². The van der Waals surface area contributed by atoms with Gasteiger partial charge in [0.15, 0.2) is 6.29 Å². The maximum absolute atomic E-state index is 10.8. The molecule has 0 saturated carbocycles. The molecule has 0 spiro atoms. The van der Waals surface area contributed by atoms with Crippen LogP contribution in [-0.4, -0.2) is 10.9 Å². The first-order valence-corrected chi connectivity index (χ1v) is 5.61. The van der Waals surface area contributed by atoms with Crippen LogP contribution in [0, 0.1) is 19.8 Å². The SMILES string of the molecule is Cc1cc(C=O)c(C)n1C(C)CC(C)C. The van der Waals surface area contributed by atoms with E-state index >= 15 is 0 Å². The molecule has 0 N–H and O–H groups in total. The van der Waals surface area contributed by atoms with E-state index in [-0.39, 0.29) is 0 Å². The highest BCUT2D eigenvalue weighted by atomic mass is 16.1. The smallest absolute Gasteiger partial charge is 0.151 e. The molecule has 15 heavy (non-hydrogen) atoms. The Hall–Kier alpha value is -1.05. The lowest BCUT2D eigenvalue weighted by Crippen LogP contribution is -2.11. The molecular weight excluding hydrogens is 186 g/mol. The third kappa shape index (κ3) is 2.49. The molecule has 1 atom stereocenters. The van der Waals surface area contributed by atoms with Gasteiger partial charge < -0.3 is 4.57 Å². The van der Waals surface area contributed by atoms with Crippen molar-refractivity contribution in [2.75, 3.05) is 0 Å². The van der Waals surface area contributed by atoms with Crippen LogP contribution in [0.1, 0.15) is 55.0 Å². The van der Waals surface area contributed by atoms with Crippen LogP contribution in [0.2, 0.25) is 0 Å². The summed E-state index contributed by atoms with van der Waals surface area (Å²) < 4.78 is 2.27. The molecule has 0 fully saturated rings. The van der Waals surface area contributed by atoms with E-state index in [4.69, 9.17) is 0 Å².